The van der Waals surface area contributed by atoms with Crippen LogP contribution in [0, 0.1) is 12.7 Å². The number of fused-ring (bicyclic) bond motifs is 2. The minimum atomic E-state index is -0.590. The number of halogens is 1. The summed E-state index contributed by atoms with van der Waals surface area (Å²) >= 11 is 0. The minimum Gasteiger partial charge on any atom is -0.453 e. The first-order chi connectivity index (χ1) is 11.5. The Hall–Kier alpha value is -2.11. The van der Waals surface area contributed by atoms with Gasteiger partial charge in [0.25, 0.3) is 0 Å². The van der Waals surface area contributed by atoms with Gasteiger partial charge in [-0.05, 0) is 55.7 Å². The molecule has 1 unspecified atom stereocenters. The van der Waals surface area contributed by atoms with Crippen LogP contribution in [0.2, 0.25) is 0 Å². The Labute approximate surface area is 141 Å². The van der Waals surface area contributed by atoms with Crippen molar-refractivity contribution in [3.8, 4) is 0 Å². The van der Waals surface area contributed by atoms with Crippen molar-refractivity contribution in [2.24, 2.45) is 0 Å². The Bertz CT molecular complexity index is 635. The number of carbonyl (C=O) groups excluding carboxylic acids is 2. The molecule has 24 heavy (non-hydrogen) atoms. The van der Waals surface area contributed by atoms with Crippen LogP contribution in [0.1, 0.15) is 42.7 Å². The number of piperidine rings is 1. The molecule has 2 aliphatic rings. The average Bonchev–Trinajstić information content (AvgIpc) is 2.84. The molecule has 2 fully saturated rings. The summed E-state index contributed by atoms with van der Waals surface area (Å²) in [7, 11) is 1.28. The predicted molar refractivity (Wildman–Crippen MR) is 87.2 cm³/mol. The lowest BCUT2D eigenvalue weighted by molar-refractivity contribution is -0.134. The van der Waals surface area contributed by atoms with Crippen LogP contribution in [-0.4, -0.2) is 42.6 Å². The van der Waals surface area contributed by atoms with Crippen molar-refractivity contribution in [3.63, 3.8) is 0 Å². The number of alkyl carbamates (subject to hydrolysis) is 1. The molecule has 3 atom stereocenters. The predicted octanol–water partition coefficient (Wildman–Crippen LogP) is 2.73. The summed E-state index contributed by atoms with van der Waals surface area (Å²) in [5.74, 6) is 0.129. The number of aryl methyl sites for hydroxylation is 1. The molecule has 2 bridgehead atoms. The monoisotopic (exact) mass is 334 g/mol. The molecule has 0 spiro atoms. The maximum absolute atomic E-state index is 13.5. The molecular weight excluding hydrogens is 311 g/mol. The van der Waals surface area contributed by atoms with E-state index in [1.54, 1.807) is 6.92 Å². The number of rotatable bonds is 3. The number of carbonyl (C=O) groups is 2. The molecule has 0 saturated carbocycles. The molecule has 2 saturated heterocycles. The highest BCUT2D eigenvalue weighted by atomic mass is 19.1. The molecule has 2 aliphatic heterocycles. The van der Waals surface area contributed by atoms with Gasteiger partial charge in [-0.1, -0.05) is 12.1 Å². The minimum absolute atomic E-state index is 0.0278. The van der Waals surface area contributed by atoms with Gasteiger partial charge in [-0.2, -0.15) is 0 Å². The Morgan fingerprint density at radius 1 is 1.29 bits per heavy atom. The van der Waals surface area contributed by atoms with Crippen molar-refractivity contribution in [3.05, 3.63) is 35.1 Å². The zero-order valence-corrected chi connectivity index (χ0v) is 14.0. The van der Waals surface area contributed by atoms with E-state index < -0.39 is 6.09 Å². The van der Waals surface area contributed by atoms with Crippen molar-refractivity contribution in [1.82, 2.24) is 10.2 Å². The largest absolute Gasteiger partial charge is 0.453 e. The third-order valence-corrected chi connectivity index (χ3v) is 5.24. The Balaban J connectivity index is 1.66. The van der Waals surface area contributed by atoms with Crippen molar-refractivity contribution >= 4 is 12.0 Å². The Morgan fingerprint density at radius 2 is 1.96 bits per heavy atom. The van der Waals surface area contributed by atoms with Crippen molar-refractivity contribution < 1.29 is 18.7 Å². The van der Waals surface area contributed by atoms with Gasteiger partial charge >= 0.3 is 6.09 Å². The molecule has 1 aromatic rings. The molecule has 0 aliphatic carbocycles. The van der Waals surface area contributed by atoms with E-state index >= 15 is 0 Å². The van der Waals surface area contributed by atoms with Crippen LogP contribution in [0.3, 0.4) is 0 Å². The molecule has 2 amide bonds. The first-order valence-electron chi connectivity index (χ1n) is 8.38. The number of ether oxygens (including phenoxy) is 1. The van der Waals surface area contributed by atoms with Crippen LogP contribution in [0.4, 0.5) is 9.18 Å². The molecule has 0 aromatic heterocycles. The quantitative estimate of drug-likeness (QED) is 0.925. The van der Waals surface area contributed by atoms with Gasteiger partial charge in [0.1, 0.15) is 12.4 Å². The number of hydrogen-bond donors (Lipinski definition) is 1. The third kappa shape index (κ3) is 3.23. The van der Waals surface area contributed by atoms with Gasteiger partial charge in [-0.15, -0.1) is 0 Å². The van der Waals surface area contributed by atoms with Gasteiger partial charge in [0, 0.05) is 12.1 Å². The van der Waals surface area contributed by atoms with Gasteiger partial charge in [0.15, 0.2) is 0 Å². The first kappa shape index (κ1) is 16.7. The second kappa shape index (κ2) is 6.79. The summed E-state index contributed by atoms with van der Waals surface area (Å²) in [4.78, 5) is 25.5. The van der Waals surface area contributed by atoms with Crippen molar-refractivity contribution in [1.29, 1.82) is 0 Å². The van der Waals surface area contributed by atoms with Crippen LogP contribution in [0.15, 0.2) is 18.2 Å². The van der Waals surface area contributed by atoms with E-state index in [1.807, 2.05) is 17.0 Å². The van der Waals surface area contributed by atoms with Crippen LogP contribution < -0.4 is 5.32 Å². The van der Waals surface area contributed by atoms with Crippen LogP contribution in [0.5, 0.6) is 0 Å². The Kier molecular flexibility index (Phi) is 4.73. The summed E-state index contributed by atoms with van der Waals surface area (Å²) in [5.41, 5.74) is 1.83. The highest BCUT2D eigenvalue weighted by Crippen LogP contribution is 2.43. The van der Waals surface area contributed by atoms with Gasteiger partial charge in [-0.25, -0.2) is 9.18 Å². The van der Waals surface area contributed by atoms with E-state index in [0.29, 0.717) is 11.5 Å². The number of methoxy groups -OCH3 is 1. The van der Waals surface area contributed by atoms with Gasteiger partial charge in [0.05, 0.1) is 7.11 Å². The van der Waals surface area contributed by atoms with Crippen LogP contribution in [0.25, 0.3) is 0 Å². The van der Waals surface area contributed by atoms with E-state index in [0.717, 1.165) is 31.2 Å². The lowest BCUT2D eigenvalue weighted by Crippen LogP contribution is -2.49. The van der Waals surface area contributed by atoms with Gasteiger partial charge < -0.3 is 15.0 Å². The van der Waals surface area contributed by atoms with E-state index in [4.69, 9.17) is 0 Å². The van der Waals surface area contributed by atoms with Crippen LogP contribution >= 0.6 is 0 Å². The highest BCUT2D eigenvalue weighted by molar-refractivity contribution is 5.83. The fraction of sp³-hybridized carbons (Fsp3) is 0.556. The van der Waals surface area contributed by atoms with Crippen LogP contribution in [-0.2, 0) is 9.53 Å². The molecule has 2 heterocycles. The van der Waals surface area contributed by atoms with Crippen molar-refractivity contribution in [2.45, 2.75) is 50.6 Å². The summed E-state index contributed by atoms with van der Waals surface area (Å²) in [6, 6.07) is 5.72. The lowest BCUT2D eigenvalue weighted by Gasteiger charge is -2.39. The van der Waals surface area contributed by atoms with E-state index in [9.17, 15) is 14.0 Å². The SMILES string of the molecule is COC(=O)NCC(=O)N1[C@@H]2CC[C@H]1CC(c1ccc(F)c(C)c1)C2. The number of nitrogens with one attached hydrogen (secondary N) is 1. The molecule has 6 heteroatoms. The maximum atomic E-state index is 13.5. The number of benzene rings is 1. The topological polar surface area (TPSA) is 58.6 Å². The zero-order chi connectivity index (χ0) is 17.3. The molecule has 0 radical (unpaired) electrons. The second-order valence-electron chi connectivity index (χ2n) is 6.71. The molecule has 3 rings (SSSR count). The molecule has 130 valence electrons. The van der Waals surface area contributed by atoms with Gasteiger partial charge in [-0.3, -0.25) is 4.79 Å². The number of hydrogen-bond acceptors (Lipinski definition) is 3. The van der Waals surface area contributed by atoms with E-state index in [-0.39, 0.29) is 30.4 Å². The Morgan fingerprint density at radius 3 is 2.54 bits per heavy atom. The standard InChI is InChI=1S/C18H23FN2O3/c1-11-7-12(3-6-16(11)19)13-8-14-4-5-15(9-13)21(14)17(22)10-20-18(23)24-2/h3,6-7,13-15H,4-5,8-10H2,1-2H3,(H,20,23)/t13?,14-,15+. The first-order valence-corrected chi connectivity index (χ1v) is 8.38. The normalized spacial score (nSPS) is 25.5. The summed E-state index contributed by atoms with van der Waals surface area (Å²) in [5, 5.41) is 2.46. The fourth-order valence-corrected chi connectivity index (χ4v) is 4.09. The summed E-state index contributed by atoms with van der Waals surface area (Å²) in [6.45, 7) is 1.75. The third-order valence-electron chi connectivity index (χ3n) is 5.24. The maximum Gasteiger partial charge on any atom is 0.407 e. The van der Waals surface area contributed by atoms with E-state index in [1.165, 1.54) is 13.2 Å². The summed E-state index contributed by atoms with van der Waals surface area (Å²) < 4.78 is 18.0. The smallest absolute Gasteiger partial charge is 0.407 e. The molecule has 1 N–H and O–H groups in total. The van der Waals surface area contributed by atoms with Gasteiger partial charge in [0.2, 0.25) is 5.91 Å². The zero-order valence-electron chi connectivity index (χ0n) is 14.0. The highest BCUT2D eigenvalue weighted by Gasteiger charge is 2.43. The molecule has 1 aromatic carbocycles. The van der Waals surface area contributed by atoms with Crippen molar-refractivity contribution in [2.75, 3.05) is 13.7 Å². The molecule has 5 nitrogen and oxygen atoms in total. The number of amides is 2. The molecular formula is C18H23FN2O3. The second-order valence-corrected chi connectivity index (χ2v) is 6.71. The number of nitrogens with zero attached hydrogens (tertiary/aromatic N) is 1. The fourth-order valence-electron chi connectivity index (χ4n) is 4.09. The lowest BCUT2D eigenvalue weighted by atomic mass is 9.84. The summed E-state index contributed by atoms with van der Waals surface area (Å²) in [6.07, 6.45) is 3.18. The average molecular weight is 334 g/mol. The van der Waals surface area contributed by atoms with E-state index in [2.05, 4.69) is 10.1 Å².